The van der Waals surface area contributed by atoms with Crippen molar-refractivity contribution in [2.75, 3.05) is 4.90 Å². The summed E-state index contributed by atoms with van der Waals surface area (Å²) in [5.74, 6) is -0.760. The van der Waals surface area contributed by atoms with E-state index in [4.69, 9.17) is 0 Å². The van der Waals surface area contributed by atoms with Gasteiger partial charge in [0.25, 0.3) is 0 Å². The van der Waals surface area contributed by atoms with Crippen LogP contribution in [0, 0.1) is 0 Å². The average molecular weight is 391 g/mol. The van der Waals surface area contributed by atoms with E-state index in [1.165, 1.54) is 38.3 Å². The fraction of sp³-hybridized carbons (Fsp3) is 0.556. The topological polar surface area (TPSA) is 94.6 Å². The first-order valence-electron chi connectivity index (χ1n) is 8.67. The number of carbonyl (C=O) groups is 2. The second kappa shape index (κ2) is 12.6. The van der Waals surface area contributed by atoms with Crippen molar-refractivity contribution in [2.24, 2.45) is 0 Å². The molecule has 1 aromatic rings. The van der Waals surface area contributed by atoms with Crippen molar-refractivity contribution < 1.29 is 52.1 Å². The minimum atomic E-state index is -4.55. The molecule has 1 rings (SSSR count). The Hall–Kier alpha value is -0.730. The summed E-state index contributed by atoms with van der Waals surface area (Å²) in [5, 5.41) is 0. The van der Waals surface area contributed by atoms with Gasteiger partial charge in [-0.1, -0.05) is 45.4 Å². The maximum atomic E-state index is 12.3. The average Bonchev–Trinajstić information content (AvgIpc) is 2.53. The molecule has 0 aliphatic heterocycles. The molecular formula is C18H26NNaO5S. The summed E-state index contributed by atoms with van der Waals surface area (Å²) < 4.78 is 32.8. The molecule has 0 unspecified atom stereocenters. The Bertz CT molecular complexity index is 673. The summed E-state index contributed by atoms with van der Waals surface area (Å²) in [6.07, 6.45) is 7.77. The molecule has 0 aliphatic rings. The van der Waals surface area contributed by atoms with Gasteiger partial charge in [0.1, 0.15) is 10.1 Å². The number of amides is 2. The predicted octanol–water partition coefficient (Wildman–Crippen LogP) is 0.615. The van der Waals surface area contributed by atoms with E-state index >= 15 is 0 Å². The molecule has 26 heavy (non-hydrogen) atoms. The Morgan fingerprint density at radius 3 is 1.92 bits per heavy atom. The van der Waals surface area contributed by atoms with Crippen LogP contribution >= 0.6 is 0 Å². The number of unbranched alkanes of at least 4 members (excludes halogenated alkanes) is 6. The van der Waals surface area contributed by atoms with Crippen LogP contribution in [0.3, 0.4) is 0 Å². The second-order valence-electron chi connectivity index (χ2n) is 6.07. The Kier molecular flexibility index (Phi) is 12.3. The van der Waals surface area contributed by atoms with E-state index in [1.807, 2.05) is 0 Å². The van der Waals surface area contributed by atoms with Crippen LogP contribution in [-0.4, -0.2) is 24.8 Å². The first kappa shape index (κ1) is 25.3. The summed E-state index contributed by atoms with van der Waals surface area (Å²) >= 11 is 0. The van der Waals surface area contributed by atoms with Gasteiger partial charge in [-0.25, -0.2) is 8.42 Å². The van der Waals surface area contributed by atoms with Crippen LogP contribution in [0.1, 0.15) is 65.2 Å². The monoisotopic (exact) mass is 391 g/mol. The summed E-state index contributed by atoms with van der Waals surface area (Å²) in [7, 11) is -4.55. The van der Waals surface area contributed by atoms with E-state index in [9.17, 15) is 22.6 Å². The van der Waals surface area contributed by atoms with Gasteiger partial charge in [-0.05, 0) is 30.7 Å². The van der Waals surface area contributed by atoms with Gasteiger partial charge < -0.3 is 4.55 Å². The number of rotatable bonds is 10. The van der Waals surface area contributed by atoms with Crippen molar-refractivity contribution in [3.05, 3.63) is 24.3 Å². The Morgan fingerprint density at radius 1 is 0.962 bits per heavy atom. The number of hydrogen-bond acceptors (Lipinski definition) is 5. The van der Waals surface area contributed by atoms with Crippen LogP contribution < -0.4 is 34.5 Å². The quantitative estimate of drug-likeness (QED) is 0.331. The molecule has 0 fully saturated rings. The van der Waals surface area contributed by atoms with Crippen molar-refractivity contribution in [2.45, 2.75) is 70.1 Å². The minimum absolute atomic E-state index is 0. The maximum Gasteiger partial charge on any atom is 1.00 e. The molecule has 0 aromatic heterocycles. The van der Waals surface area contributed by atoms with Crippen LogP contribution in [-0.2, 0) is 19.7 Å². The van der Waals surface area contributed by atoms with Gasteiger partial charge in [0, 0.05) is 13.3 Å². The second-order valence-corrected chi connectivity index (χ2v) is 7.45. The third kappa shape index (κ3) is 8.77. The zero-order valence-corrected chi connectivity index (χ0v) is 18.7. The Labute approximate surface area is 178 Å². The van der Waals surface area contributed by atoms with Crippen molar-refractivity contribution in [3.63, 3.8) is 0 Å². The van der Waals surface area contributed by atoms with E-state index in [0.29, 0.717) is 6.42 Å². The number of benzene rings is 1. The van der Waals surface area contributed by atoms with Crippen LogP contribution in [0.5, 0.6) is 0 Å². The van der Waals surface area contributed by atoms with Gasteiger partial charge in [-0.15, -0.1) is 0 Å². The smallest absolute Gasteiger partial charge is 0.744 e. The van der Waals surface area contributed by atoms with E-state index in [2.05, 4.69) is 6.92 Å². The standard InChI is InChI=1S/C18H27NO5S.Na/c1-3-4-5-6-7-8-9-10-18(21)19(15(2)20)16-11-13-17(14-12-16)25(22,23)24;/h11-14H,3-10H2,1-2H3,(H,22,23,24);/q;+1/p-1. The summed E-state index contributed by atoms with van der Waals surface area (Å²) in [5.41, 5.74) is 0.271. The maximum absolute atomic E-state index is 12.3. The van der Waals surface area contributed by atoms with Gasteiger partial charge in [-0.3, -0.25) is 14.5 Å². The SMILES string of the molecule is CCCCCCCCCC(=O)N(C(C)=O)c1ccc(S(=O)(=O)[O-])cc1.[Na+]. The third-order valence-corrected chi connectivity index (χ3v) is 4.79. The molecule has 1 aromatic carbocycles. The van der Waals surface area contributed by atoms with Gasteiger partial charge >= 0.3 is 29.6 Å². The van der Waals surface area contributed by atoms with Gasteiger partial charge in [-0.2, -0.15) is 0 Å². The molecule has 2 amide bonds. The number of imide groups is 1. The number of carbonyl (C=O) groups excluding carboxylic acids is 2. The van der Waals surface area contributed by atoms with Gasteiger partial charge in [0.15, 0.2) is 0 Å². The van der Waals surface area contributed by atoms with Crippen LogP contribution in [0.2, 0.25) is 0 Å². The molecule has 0 saturated carbocycles. The minimum Gasteiger partial charge on any atom is -0.744 e. The van der Waals surface area contributed by atoms with E-state index in [0.717, 1.165) is 36.3 Å². The summed E-state index contributed by atoms with van der Waals surface area (Å²) in [6, 6.07) is 4.81. The number of hydrogen-bond donors (Lipinski definition) is 0. The fourth-order valence-corrected chi connectivity index (χ4v) is 3.08. The first-order valence-corrected chi connectivity index (χ1v) is 10.1. The first-order chi connectivity index (χ1) is 11.8. The normalized spacial score (nSPS) is 10.9. The molecule has 6 nitrogen and oxygen atoms in total. The molecule has 0 bridgehead atoms. The summed E-state index contributed by atoms with van der Waals surface area (Å²) in [6.45, 7) is 3.44. The van der Waals surface area contributed by atoms with Crippen molar-refractivity contribution in [3.8, 4) is 0 Å². The fourth-order valence-electron chi connectivity index (χ4n) is 2.61. The predicted molar refractivity (Wildman–Crippen MR) is 95.2 cm³/mol. The van der Waals surface area contributed by atoms with Gasteiger partial charge in [0.05, 0.1) is 10.6 Å². The van der Waals surface area contributed by atoms with Crippen LogP contribution in [0.4, 0.5) is 5.69 Å². The van der Waals surface area contributed by atoms with Crippen molar-refractivity contribution >= 4 is 27.6 Å². The van der Waals surface area contributed by atoms with Gasteiger partial charge in [0.2, 0.25) is 11.8 Å². The van der Waals surface area contributed by atoms with E-state index < -0.39 is 16.0 Å². The Morgan fingerprint density at radius 2 is 1.46 bits per heavy atom. The van der Waals surface area contributed by atoms with E-state index in [-0.39, 0.29) is 52.5 Å². The molecule has 0 aliphatic carbocycles. The molecule has 0 saturated heterocycles. The van der Waals surface area contributed by atoms with Crippen molar-refractivity contribution in [1.82, 2.24) is 0 Å². The summed E-state index contributed by atoms with van der Waals surface area (Å²) in [4.78, 5) is 24.8. The Balaban J connectivity index is 0.00000625. The number of anilines is 1. The number of nitrogens with zero attached hydrogens (tertiary/aromatic N) is 1. The zero-order valence-electron chi connectivity index (χ0n) is 15.9. The molecule has 0 heterocycles. The van der Waals surface area contributed by atoms with Crippen LogP contribution in [0.15, 0.2) is 29.2 Å². The molecule has 0 N–H and O–H groups in total. The molecule has 0 spiro atoms. The molecule has 8 heteroatoms. The largest absolute Gasteiger partial charge is 1.00 e. The van der Waals surface area contributed by atoms with E-state index in [1.54, 1.807) is 0 Å². The van der Waals surface area contributed by atoms with Crippen LogP contribution in [0.25, 0.3) is 0 Å². The zero-order chi connectivity index (χ0) is 18.9. The molecular weight excluding hydrogens is 365 g/mol. The molecule has 140 valence electrons. The van der Waals surface area contributed by atoms with Crippen molar-refractivity contribution in [1.29, 1.82) is 0 Å². The molecule has 0 radical (unpaired) electrons. The molecule has 0 atom stereocenters. The third-order valence-electron chi connectivity index (χ3n) is 3.94.